The van der Waals surface area contributed by atoms with Crippen LogP contribution in [0.25, 0.3) is 0 Å². The van der Waals surface area contributed by atoms with Crippen LogP contribution in [0.15, 0.2) is 18.5 Å². The molecule has 1 N–H and O–H groups in total. The second-order valence-corrected chi connectivity index (χ2v) is 4.76. The molecule has 0 aliphatic rings. The van der Waals surface area contributed by atoms with Gasteiger partial charge in [-0.05, 0) is 30.5 Å². The fourth-order valence-electron chi connectivity index (χ4n) is 1.80. The summed E-state index contributed by atoms with van der Waals surface area (Å²) in [6.45, 7) is 6.52. The zero-order valence-electron chi connectivity index (χ0n) is 10.9. The lowest BCUT2D eigenvalue weighted by Crippen LogP contribution is -2.25. The van der Waals surface area contributed by atoms with Crippen LogP contribution in [0, 0.1) is 0 Å². The van der Waals surface area contributed by atoms with E-state index in [1.54, 1.807) is 6.92 Å². The molecule has 0 spiro atoms. The first kappa shape index (κ1) is 15.0. The minimum atomic E-state index is -4.31. The van der Waals surface area contributed by atoms with Crippen LogP contribution in [0.1, 0.15) is 44.2 Å². The smallest absolute Gasteiger partial charge is 0.315 e. The summed E-state index contributed by atoms with van der Waals surface area (Å²) in [5.74, 6) is -0.165. The van der Waals surface area contributed by atoms with Crippen molar-refractivity contribution in [3.63, 3.8) is 0 Å². The van der Waals surface area contributed by atoms with Crippen molar-refractivity contribution in [2.24, 2.45) is 0 Å². The van der Waals surface area contributed by atoms with Crippen molar-refractivity contribution in [3.8, 4) is 0 Å². The first-order chi connectivity index (χ1) is 8.32. The molecule has 0 aromatic carbocycles. The number of halogens is 3. The van der Waals surface area contributed by atoms with E-state index in [9.17, 15) is 13.2 Å². The summed E-state index contributed by atoms with van der Waals surface area (Å²) in [4.78, 5) is 3.80. The second-order valence-electron chi connectivity index (χ2n) is 4.76. The Hall–Kier alpha value is -1.10. The predicted molar refractivity (Wildman–Crippen MR) is 65.4 cm³/mol. The minimum absolute atomic E-state index is 0.165. The third-order valence-electron chi connectivity index (χ3n) is 2.82. The molecule has 0 saturated carbocycles. The summed E-state index contributed by atoms with van der Waals surface area (Å²) in [7, 11) is 0. The average Bonchev–Trinajstić information content (AvgIpc) is 2.27. The van der Waals surface area contributed by atoms with Crippen LogP contribution in [0.5, 0.6) is 0 Å². The minimum Gasteiger partial charge on any atom is -0.315 e. The number of hydrogen-bond donors (Lipinski definition) is 1. The molecule has 1 unspecified atom stereocenters. The molecule has 1 rings (SSSR count). The normalized spacial score (nSPS) is 13.9. The Morgan fingerprint density at radius 1 is 1.28 bits per heavy atom. The Bertz CT molecular complexity index is 375. The van der Waals surface area contributed by atoms with Gasteiger partial charge in [0.25, 0.3) is 0 Å². The molecule has 1 aromatic rings. The molecule has 5 heteroatoms. The van der Waals surface area contributed by atoms with Crippen molar-refractivity contribution in [2.75, 3.05) is 6.54 Å². The Kier molecular flexibility index (Phi) is 5.14. The van der Waals surface area contributed by atoms with E-state index >= 15 is 0 Å². The van der Waals surface area contributed by atoms with E-state index in [1.807, 2.05) is 13.8 Å². The van der Waals surface area contributed by atoms with E-state index in [4.69, 9.17) is 0 Å². The van der Waals surface area contributed by atoms with Crippen LogP contribution in [0.2, 0.25) is 0 Å². The van der Waals surface area contributed by atoms with Gasteiger partial charge in [0.05, 0.1) is 5.56 Å². The summed E-state index contributed by atoms with van der Waals surface area (Å²) in [6.07, 6.45) is -1.14. The summed E-state index contributed by atoms with van der Waals surface area (Å²) < 4.78 is 38.4. The second kappa shape index (κ2) is 6.18. The fourth-order valence-corrected chi connectivity index (χ4v) is 1.80. The number of alkyl halides is 3. The molecule has 102 valence electrons. The van der Waals surface area contributed by atoms with Crippen LogP contribution >= 0.6 is 0 Å². The number of pyridine rings is 1. The van der Waals surface area contributed by atoms with E-state index < -0.39 is 11.7 Å². The highest BCUT2D eigenvalue weighted by atomic mass is 19.4. The molecule has 0 aliphatic heterocycles. The number of hydrogen-bond acceptors (Lipinski definition) is 2. The highest BCUT2D eigenvalue weighted by Crippen LogP contribution is 2.35. The van der Waals surface area contributed by atoms with Gasteiger partial charge in [-0.2, -0.15) is 13.2 Å². The highest BCUT2D eigenvalue weighted by Gasteiger charge is 2.34. The number of rotatable bonds is 5. The maximum atomic E-state index is 12.8. The topological polar surface area (TPSA) is 24.9 Å². The monoisotopic (exact) mass is 260 g/mol. The largest absolute Gasteiger partial charge is 0.416 e. The number of aromatic nitrogens is 1. The van der Waals surface area contributed by atoms with Crippen molar-refractivity contribution in [1.82, 2.24) is 10.3 Å². The molecule has 0 saturated heterocycles. The standard InChI is InChI=1S/C13H19F3N2/c1-9(2)18-7-4-10(3)11-8-17-6-5-12(11)13(14,15)16/h5-6,8-10,18H,4,7H2,1-3H3. The van der Waals surface area contributed by atoms with Crippen molar-refractivity contribution in [3.05, 3.63) is 29.6 Å². The average molecular weight is 260 g/mol. The third kappa shape index (κ3) is 4.29. The Balaban J connectivity index is 2.76. The van der Waals surface area contributed by atoms with E-state index in [0.29, 0.717) is 19.0 Å². The van der Waals surface area contributed by atoms with Crippen molar-refractivity contribution in [1.29, 1.82) is 0 Å². The van der Waals surface area contributed by atoms with Gasteiger partial charge in [0, 0.05) is 18.4 Å². The lowest BCUT2D eigenvalue weighted by atomic mass is 9.94. The zero-order chi connectivity index (χ0) is 13.8. The molecule has 0 radical (unpaired) electrons. The number of nitrogens with zero attached hydrogens (tertiary/aromatic N) is 1. The van der Waals surface area contributed by atoms with Gasteiger partial charge in [-0.1, -0.05) is 20.8 Å². The van der Waals surface area contributed by atoms with Crippen LogP contribution < -0.4 is 5.32 Å². The van der Waals surface area contributed by atoms with Gasteiger partial charge >= 0.3 is 6.18 Å². The molecule has 1 heterocycles. The summed E-state index contributed by atoms with van der Waals surface area (Å²) in [5.41, 5.74) is -0.301. The number of nitrogens with one attached hydrogen (secondary N) is 1. The molecule has 0 fully saturated rings. The predicted octanol–water partition coefficient (Wildman–Crippen LogP) is 3.59. The molecule has 1 atom stereocenters. The zero-order valence-corrected chi connectivity index (χ0v) is 10.9. The lowest BCUT2D eigenvalue weighted by molar-refractivity contribution is -0.138. The molecule has 0 bridgehead atoms. The molecular weight excluding hydrogens is 241 g/mol. The maximum Gasteiger partial charge on any atom is 0.416 e. The Morgan fingerprint density at radius 2 is 1.94 bits per heavy atom. The van der Waals surface area contributed by atoms with E-state index in [-0.39, 0.29) is 11.5 Å². The van der Waals surface area contributed by atoms with Gasteiger partial charge in [0.2, 0.25) is 0 Å². The van der Waals surface area contributed by atoms with Gasteiger partial charge in [0.1, 0.15) is 0 Å². The maximum absolute atomic E-state index is 12.8. The van der Waals surface area contributed by atoms with Gasteiger partial charge in [0.15, 0.2) is 0 Å². The van der Waals surface area contributed by atoms with Crippen LogP contribution in [0.4, 0.5) is 13.2 Å². The molecule has 0 amide bonds. The van der Waals surface area contributed by atoms with Gasteiger partial charge in [-0.3, -0.25) is 4.98 Å². The van der Waals surface area contributed by atoms with Gasteiger partial charge in [-0.25, -0.2) is 0 Å². The quantitative estimate of drug-likeness (QED) is 0.875. The fraction of sp³-hybridized carbons (Fsp3) is 0.615. The van der Waals surface area contributed by atoms with Crippen molar-refractivity contribution in [2.45, 2.75) is 45.3 Å². The van der Waals surface area contributed by atoms with E-state index in [0.717, 1.165) is 6.07 Å². The lowest BCUT2D eigenvalue weighted by Gasteiger charge is -2.18. The summed E-state index contributed by atoms with van der Waals surface area (Å²) in [6, 6.07) is 1.38. The summed E-state index contributed by atoms with van der Waals surface area (Å²) >= 11 is 0. The molecule has 0 aliphatic carbocycles. The Labute approximate surface area is 106 Å². The molecular formula is C13H19F3N2. The van der Waals surface area contributed by atoms with Crippen LogP contribution in [-0.2, 0) is 6.18 Å². The first-order valence-electron chi connectivity index (χ1n) is 6.07. The summed E-state index contributed by atoms with van der Waals surface area (Å²) in [5, 5.41) is 3.20. The Morgan fingerprint density at radius 3 is 2.50 bits per heavy atom. The van der Waals surface area contributed by atoms with Crippen LogP contribution in [-0.4, -0.2) is 17.6 Å². The molecule has 1 aromatic heterocycles. The molecule has 2 nitrogen and oxygen atoms in total. The van der Waals surface area contributed by atoms with Gasteiger partial charge < -0.3 is 5.32 Å². The van der Waals surface area contributed by atoms with Gasteiger partial charge in [-0.15, -0.1) is 0 Å². The van der Waals surface area contributed by atoms with Crippen molar-refractivity contribution < 1.29 is 13.2 Å². The molecule has 18 heavy (non-hydrogen) atoms. The van der Waals surface area contributed by atoms with Crippen LogP contribution in [0.3, 0.4) is 0 Å². The van der Waals surface area contributed by atoms with E-state index in [1.165, 1.54) is 12.4 Å². The van der Waals surface area contributed by atoms with E-state index in [2.05, 4.69) is 10.3 Å². The first-order valence-corrected chi connectivity index (χ1v) is 6.07. The van der Waals surface area contributed by atoms with Crippen molar-refractivity contribution >= 4 is 0 Å². The highest BCUT2D eigenvalue weighted by molar-refractivity contribution is 5.29. The SMILES string of the molecule is CC(C)NCCC(C)c1cnccc1C(F)(F)F. The third-order valence-corrected chi connectivity index (χ3v) is 2.82.